The minimum atomic E-state index is -4.59. The Kier molecular flexibility index (Phi) is 5.38. The number of anilines is 1. The van der Waals surface area contributed by atoms with Crippen LogP contribution in [0.2, 0.25) is 5.02 Å². The minimum absolute atomic E-state index is 0.0436. The van der Waals surface area contributed by atoms with Crippen molar-refractivity contribution in [3.63, 3.8) is 0 Å². The van der Waals surface area contributed by atoms with Crippen molar-refractivity contribution in [3.8, 4) is 0 Å². The summed E-state index contributed by atoms with van der Waals surface area (Å²) >= 11 is 5.62. The van der Waals surface area contributed by atoms with Gasteiger partial charge in [-0.2, -0.15) is 13.2 Å². The average molecular weight is 438 g/mol. The third-order valence-corrected chi connectivity index (χ3v) is 5.61. The topological polar surface area (TPSA) is 53.6 Å². The molecule has 2 heterocycles. The van der Waals surface area contributed by atoms with Crippen LogP contribution >= 0.6 is 11.6 Å². The van der Waals surface area contributed by atoms with Gasteiger partial charge in [-0.15, -0.1) is 0 Å². The van der Waals surface area contributed by atoms with Crippen LogP contribution in [-0.4, -0.2) is 29.6 Å². The molecule has 2 amide bonds. The number of carbonyl (C=O) groups is 1. The van der Waals surface area contributed by atoms with Crippen molar-refractivity contribution in [2.45, 2.75) is 24.6 Å². The lowest BCUT2D eigenvalue weighted by Gasteiger charge is -2.36. The zero-order chi connectivity index (χ0) is 21.4. The standard InChI is InChI=1S/C21H19ClF3N3O2/c22-17-7-6-15(12-16(17)21(23,24)25)26-19(29)28-10-8-20(9-11-28)13-18(27-30-20)14-4-2-1-3-5-14/h1-7,12-13,27H,8-11H2,(H,26,29). The number of hydroxylamine groups is 1. The lowest BCUT2D eigenvalue weighted by atomic mass is 9.90. The van der Waals surface area contributed by atoms with Crippen LogP contribution < -0.4 is 10.8 Å². The Morgan fingerprint density at radius 3 is 2.50 bits per heavy atom. The van der Waals surface area contributed by atoms with Crippen molar-refractivity contribution in [2.75, 3.05) is 18.4 Å². The maximum absolute atomic E-state index is 13.0. The van der Waals surface area contributed by atoms with Gasteiger partial charge in [0.1, 0.15) is 5.60 Å². The van der Waals surface area contributed by atoms with Crippen molar-refractivity contribution in [3.05, 3.63) is 70.8 Å². The van der Waals surface area contributed by atoms with E-state index in [1.807, 2.05) is 36.4 Å². The molecule has 5 nitrogen and oxygen atoms in total. The van der Waals surface area contributed by atoms with Gasteiger partial charge in [0, 0.05) is 31.6 Å². The molecule has 1 spiro atoms. The number of nitrogens with zero attached hydrogens (tertiary/aromatic N) is 1. The molecule has 0 saturated carbocycles. The molecule has 2 aromatic carbocycles. The molecule has 158 valence electrons. The first-order valence-corrected chi connectivity index (χ1v) is 9.79. The van der Waals surface area contributed by atoms with Gasteiger partial charge >= 0.3 is 12.2 Å². The van der Waals surface area contributed by atoms with Crippen molar-refractivity contribution >= 4 is 29.0 Å². The van der Waals surface area contributed by atoms with Crippen LogP contribution in [0.15, 0.2) is 54.6 Å². The maximum atomic E-state index is 13.0. The predicted octanol–water partition coefficient (Wildman–Crippen LogP) is 5.30. The number of benzene rings is 2. The Balaban J connectivity index is 1.39. The smallest absolute Gasteiger partial charge is 0.324 e. The molecule has 0 unspecified atom stereocenters. The summed E-state index contributed by atoms with van der Waals surface area (Å²) in [5, 5.41) is 2.11. The van der Waals surface area contributed by atoms with E-state index in [4.69, 9.17) is 16.4 Å². The highest BCUT2D eigenvalue weighted by Gasteiger charge is 2.40. The second-order valence-corrected chi connectivity index (χ2v) is 7.71. The number of hydrogen-bond donors (Lipinski definition) is 2. The Morgan fingerprint density at radius 2 is 1.83 bits per heavy atom. The number of hydrogen-bond acceptors (Lipinski definition) is 3. The number of amides is 2. The number of rotatable bonds is 2. The monoisotopic (exact) mass is 437 g/mol. The molecular weight excluding hydrogens is 419 g/mol. The van der Waals surface area contributed by atoms with E-state index in [9.17, 15) is 18.0 Å². The Hall–Kier alpha value is -2.71. The molecule has 0 atom stereocenters. The molecule has 0 radical (unpaired) electrons. The van der Waals surface area contributed by atoms with Gasteiger partial charge in [-0.3, -0.25) is 10.3 Å². The predicted molar refractivity (Wildman–Crippen MR) is 108 cm³/mol. The van der Waals surface area contributed by atoms with E-state index >= 15 is 0 Å². The second kappa shape index (κ2) is 7.85. The van der Waals surface area contributed by atoms with Crippen molar-refractivity contribution in [1.82, 2.24) is 10.4 Å². The molecule has 4 rings (SSSR count). The molecule has 1 saturated heterocycles. The van der Waals surface area contributed by atoms with E-state index in [-0.39, 0.29) is 5.69 Å². The highest BCUT2D eigenvalue weighted by Crippen LogP contribution is 2.37. The van der Waals surface area contributed by atoms with E-state index in [1.54, 1.807) is 4.90 Å². The number of piperidine rings is 1. The van der Waals surface area contributed by atoms with E-state index in [1.165, 1.54) is 6.07 Å². The molecule has 2 aromatic rings. The second-order valence-electron chi connectivity index (χ2n) is 7.30. The highest BCUT2D eigenvalue weighted by molar-refractivity contribution is 6.31. The molecule has 0 bridgehead atoms. The lowest BCUT2D eigenvalue weighted by molar-refractivity contribution is -0.137. The summed E-state index contributed by atoms with van der Waals surface area (Å²) in [6.45, 7) is 0.817. The number of urea groups is 1. The van der Waals surface area contributed by atoms with Gasteiger partial charge in [0.25, 0.3) is 0 Å². The first kappa shape index (κ1) is 20.6. The third-order valence-electron chi connectivity index (χ3n) is 5.28. The third kappa shape index (κ3) is 4.24. The van der Waals surface area contributed by atoms with Crippen molar-refractivity contribution in [1.29, 1.82) is 0 Å². The van der Waals surface area contributed by atoms with Gasteiger partial charge in [0.15, 0.2) is 0 Å². The first-order chi connectivity index (χ1) is 14.3. The van der Waals surface area contributed by atoms with E-state index in [2.05, 4.69) is 10.8 Å². The van der Waals surface area contributed by atoms with Gasteiger partial charge < -0.3 is 10.2 Å². The molecule has 9 heteroatoms. The minimum Gasteiger partial charge on any atom is -0.324 e. The van der Waals surface area contributed by atoms with Gasteiger partial charge in [-0.05, 0) is 29.8 Å². The van der Waals surface area contributed by atoms with Crippen LogP contribution in [0.1, 0.15) is 24.0 Å². The van der Waals surface area contributed by atoms with Crippen LogP contribution in [0.5, 0.6) is 0 Å². The fourth-order valence-corrected chi connectivity index (χ4v) is 3.82. The fraction of sp³-hybridized carbons (Fsp3) is 0.286. The summed E-state index contributed by atoms with van der Waals surface area (Å²) in [7, 11) is 0. The summed E-state index contributed by atoms with van der Waals surface area (Å²) in [4.78, 5) is 19.9. The van der Waals surface area contributed by atoms with E-state index in [0.29, 0.717) is 25.9 Å². The Bertz CT molecular complexity index is 971. The number of likely N-dealkylation sites (tertiary alicyclic amines) is 1. The van der Waals surface area contributed by atoms with Crippen LogP contribution in [0.25, 0.3) is 5.70 Å². The molecule has 2 aliphatic heterocycles. The van der Waals surface area contributed by atoms with Gasteiger partial charge in [-0.25, -0.2) is 4.79 Å². The van der Waals surface area contributed by atoms with Crippen molar-refractivity contribution < 1.29 is 22.8 Å². The SMILES string of the molecule is O=C(Nc1ccc(Cl)c(C(F)(F)F)c1)N1CCC2(C=C(c3ccccc3)NO2)CC1. The number of carbonyl (C=O) groups excluding carboxylic acids is 1. The summed E-state index contributed by atoms with van der Waals surface area (Å²) in [6, 6.07) is 12.6. The molecule has 30 heavy (non-hydrogen) atoms. The van der Waals surface area contributed by atoms with Crippen LogP contribution in [-0.2, 0) is 11.0 Å². The zero-order valence-electron chi connectivity index (χ0n) is 15.8. The van der Waals surface area contributed by atoms with E-state index < -0.39 is 28.4 Å². The summed E-state index contributed by atoms with van der Waals surface area (Å²) < 4.78 is 39.0. The fourth-order valence-electron chi connectivity index (χ4n) is 3.60. The molecule has 0 aromatic heterocycles. The molecule has 0 aliphatic carbocycles. The number of nitrogens with one attached hydrogen (secondary N) is 2. The summed E-state index contributed by atoms with van der Waals surface area (Å²) in [5.74, 6) is 0. The number of alkyl halides is 3. The lowest BCUT2D eigenvalue weighted by Crippen LogP contribution is -2.48. The highest BCUT2D eigenvalue weighted by atomic mass is 35.5. The van der Waals surface area contributed by atoms with Crippen LogP contribution in [0.3, 0.4) is 0 Å². The maximum Gasteiger partial charge on any atom is 0.417 e. The van der Waals surface area contributed by atoms with Gasteiger partial charge in [0.05, 0.1) is 16.3 Å². The quantitative estimate of drug-likeness (QED) is 0.670. The molecule has 2 aliphatic rings. The van der Waals surface area contributed by atoms with Crippen LogP contribution in [0.4, 0.5) is 23.7 Å². The first-order valence-electron chi connectivity index (χ1n) is 9.41. The van der Waals surface area contributed by atoms with E-state index in [0.717, 1.165) is 23.4 Å². The molecule has 1 fully saturated rings. The summed E-state index contributed by atoms with van der Waals surface area (Å²) in [5.41, 5.74) is 3.41. The number of halogens is 4. The van der Waals surface area contributed by atoms with Gasteiger partial charge in [-0.1, -0.05) is 41.9 Å². The van der Waals surface area contributed by atoms with Crippen LogP contribution in [0, 0.1) is 0 Å². The molecule has 2 N–H and O–H groups in total. The Labute approximate surface area is 176 Å². The average Bonchev–Trinajstić information content (AvgIpc) is 3.13. The normalized spacial score (nSPS) is 18.1. The summed E-state index contributed by atoms with van der Waals surface area (Å²) in [6.07, 6.45) is -1.42. The molecular formula is C21H19ClF3N3O2. The Morgan fingerprint density at radius 1 is 1.13 bits per heavy atom. The largest absolute Gasteiger partial charge is 0.417 e. The zero-order valence-corrected chi connectivity index (χ0v) is 16.6. The van der Waals surface area contributed by atoms with Gasteiger partial charge in [0.2, 0.25) is 0 Å². The van der Waals surface area contributed by atoms with Crippen molar-refractivity contribution in [2.24, 2.45) is 0 Å².